The number of benzene rings is 1. The van der Waals surface area contributed by atoms with Crippen molar-refractivity contribution >= 4 is 11.6 Å². The van der Waals surface area contributed by atoms with Crippen LogP contribution in [0.3, 0.4) is 0 Å². The maximum Gasteiger partial charge on any atom is 0.241 e. The summed E-state index contributed by atoms with van der Waals surface area (Å²) in [5, 5.41) is 2.78. The molecule has 1 atom stereocenters. The maximum absolute atomic E-state index is 11.7. The van der Waals surface area contributed by atoms with Gasteiger partial charge in [-0.25, -0.2) is 0 Å². The van der Waals surface area contributed by atoms with E-state index in [0.717, 1.165) is 17.0 Å². The van der Waals surface area contributed by atoms with E-state index >= 15 is 0 Å². The summed E-state index contributed by atoms with van der Waals surface area (Å²) in [5.41, 5.74) is 7.35. The zero-order chi connectivity index (χ0) is 12.8. The molecule has 92 valence electrons. The van der Waals surface area contributed by atoms with E-state index in [-0.39, 0.29) is 5.91 Å². The predicted octanol–water partition coefficient (Wildman–Crippen LogP) is 1.85. The van der Waals surface area contributed by atoms with Crippen molar-refractivity contribution in [2.75, 3.05) is 12.4 Å². The van der Waals surface area contributed by atoms with E-state index in [9.17, 15) is 4.79 Å². The Bertz CT molecular complexity index is 416. The Labute approximate surface area is 101 Å². The number of ether oxygens (including phenoxy) is 1. The summed E-state index contributed by atoms with van der Waals surface area (Å²) in [6, 6.07) is 4.89. The van der Waals surface area contributed by atoms with Crippen molar-refractivity contribution in [1.82, 2.24) is 0 Å². The van der Waals surface area contributed by atoms with Gasteiger partial charge in [-0.05, 0) is 37.1 Å². The highest BCUT2D eigenvalue weighted by Gasteiger charge is 2.12. The minimum Gasteiger partial charge on any atom is -0.497 e. The second-order valence-electron chi connectivity index (χ2n) is 3.80. The van der Waals surface area contributed by atoms with Gasteiger partial charge in [0.05, 0.1) is 13.2 Å². The van der Waals surface area contributed by atoms with Crippen molar-refractivity contribution in [3.63, 3.8) is 0 Å². The molecule has 0 spiro atoms. The van der Waals surface area contributed by atoms with Crippen molar-refractivity contribution in [3.05, 3.63) is 36.4 Å². The van der Waals surface area contributed by atoms with Gasteiger partial charge in [-0.3, -0.25) is 4.79 Å². The molecule has 0 aliphatic carbocycles. The molecule has 0 aliphatic heterocycles. The number of anilines is 1. The molecule has 4 heteroatoms. The van der Waals surface area contributed by atoms with Crippen LogP contribution in [-0.2, 0) is 4.79 Å². The highest BCUT2D eigenvalue weighted by molar-refractivity contribution is 5.95. The fraction of sp³-hybridized carbons (Fsp3) is 0.308. The molecule has 0 aliphatic rings. The van der Waals surface area contributed by atoms with Crippen LogP contribution < -0.4 is 15.8 Å². The third-order valence-corrected chi connectivity index (χ3v) is 2.45. The zero-order valence-corrected chi connectivity index (χ0v) is 10.2. The molecule has 0 saturated heterocycles. The van der Waals surface area contributed by atoms with Crippen molar-refractivity contribution in [1.29, 1.82) is 0 Å². The Kier molecular flexibility index (Phi) is 4.72. The molecule has 0 saturated carbocycles. The van der Waals surface area contributed by atoms with Crippen LogP contribution in [0, 0.1) is 6.92 Å². The molecule has 3 N–H and O–H groups in total. The number of hydrogen-bond donors (Lipinski definition) is 2. The van der Waals surface area contributed by atoms with E-state index in [1.807, 2.05) is 13.0 Å². The maximum atomic E-state index is 11.7. The van der Waals surface area contributed by atoms with E-state index < -0.39 is 6.04 Å². The molecular formula is C13H18N2O2. The Balaban J connectivity index is 2.74. The molecule has 0 fully saturated rings. The molecule has 1 rings (SSSR count). The lowest BCUT2D eigenvalue weighted by Gasteiger charge is -2.13. The highest BCUT2D eigenvalue weighted by atomic mass is 16.5. The minimum absolute atomic E-state index is 0.210. The lowest BCUT2D eigenvalue weighted by atomic mass is 10.1. The monoisotopic (exact) mass is 234 g/mol. The molecule has 1 aromatic rings. The Morgan fingerprint density at radius 3 is 2.88 bits per heavy atom. The summed E-state index contributed by atoms with van der Waals surface area (Å²) >= 11 is 0. The largest absolute Gasteiger partial charge is 0.497 e. The van der Waals surface area contributed by atoms with Crippen LogP contribution in [0.2, 0.25) is 0 Å². The second-order valence-corrected chi connectivity index (χ2v) is 3.80. The van der Waals surface area contributed by atoms with Gasteiger partial charge in [0.1, 0.15) is 5.75 Å². The Hall–Kier alpha value is -1.81. The SMILES string of the molecule is C=CCC(N)C(=O)Nc1ccc(OC)cc1C. The number of nitrogens with two attached hydrogens (primary N) is 1. The van der Waals surface area contributed by atoms with Crippen LogP contribution >= 0.6 is 0 Å². The quantitative estimate of drug-likeness (QED) is 0.764. The van der Waals surface area contributed by atoms with Crippen LogP contribution in [0.25, 0.3) is 0 Å². The third kappa shape index (κ3) is 3.60. The normalized spacial score (nSPS) is 11.7. The summed E-state index contributed by atoms with van der Waals surface area (Å²) in [4.78, 5) is 11.7. The van der Waals surface area contributed by atoms with E-state index in [0.29, 0.717) is 6.42 Å². The van der Waals surface area contributed by atoms with Crippen molar-refractivity contribution < 1.29 is 9.53 Å². The third-order valence-electron chi connectivity index (χ3n) is 2.45. The van der Waals surface area contributed by atoms with Gasteiger partial charge in [0, 0.05) is 5.69 Å². The van der Waals surface area contributed by atoms with Crippen molar-refractivity contribution in [2.24, 2.45) is 5.73 Å². The van der Waals surface area contributed by atoms with Gasteiger partial charge in [0.15, 0.2) is 0 Å². The lowest BCUT2D eigenvalue weighted by Crippen LogP contribution is -2.35. The van der Waals surface area contributed by atoms with E-state index in [2.05, 4.69) is 11.9 Å². The predicted molar refractivity (Wildman–Crippen MR) is 69.2 cm³/mol. The van der Waals surface area contributed by atoms with Gasteiger partial charge < -0.3 is 15.8 Å². The first-order valence-electron chi connectivity index (χ1n) is 5.40. The molecule has 1 amide bonds. The number of amides is 1. The van der Waals surface area contributed by atoms with Crippen LogP contribution in [0.4, 0.5) is 5.69 Å². The molecule has 0 bridgehead atoms. The minimum atomic E-state index is -0.561. The molecule has 1 aromatic carbocycles. The average molecular weight is 234 g/mol. The molecule has 17 heavy (non-hydrogen) atoms. The molecule has 0 radical (unpaired) electrons. The first kappa shape index (κ1) is 13.3. The van der Waals surface area contributed by atoms with Gasteiger partial charge in [0.2, 0.25) is 5.91 Å². The lowest BCUT2D eigenvalue weighted by molar-refractivity contribution is -0.117. The van der Waals surface area contributed by atoms with Crippen LogP contribution in [0.5, 0.6) is 5.75 Å². The van der Waals surface area contributed by atoms with E-state index in [1.54, 1.807) is 25.3 Å². The van der Waals surface area contributed by atoms with Crippen LogP contribution in [0.15, 0.2) is 30.9 Å². The molecule has 1 unspecified atom stereocenters. The summed E-state index contributed by atoms with van der Waals surface area (Å²) in [6.45, 7) is 5.45. The smallest absolute Gasteiger partial charge is 0.241 e. The second kappa shape index (κ2) is 6.06. The number of rotatable bonds is 5. The Morgan fingerprint density at radius 2 is 2.35 bits per heavy atom. The van der Waals surface area contributed by atoms with Gasteiger partial charge in [0.25, 0.3) is 0 Å². The van der Waals surface area contributed by atoms with E-state index in [1.165, 1.54) is 0 Å². The highest BCUT2D eigenvalue weighted by Crippen LogP contribution is 2.21. The van der Waals surface area contributed by atoms with Gasteiger partial charge in [-0.2, -0.15) is 0 Å². The first-order chi connectivity index (χ1) is 8.08. The van der Waals surface area contributed by atoms with E-state index in [4.69, 9.17) is 10.5 Å². The number of aryl methyl sites for hydroxylation is 1. The van der Waals surface area contributed by atoms with Crippen molar-refractivity contribution in [3.8, 4) is 5.75 Å². The summed E-state index contributed by atoms with van der Waals surface area (Å²) in [6.07, 6.45) is 2.09. The average Bonchev–Trinajstić information content (AvgIpc) is 2.31. The van der Waals surface area contributed by atoms with Crippen molar-refractivity contribution in [2.45, 2.75) is 19.4 Å². The number of nitrogens with one attached hydrogen (secondary N) is 1. The topological polar surface area (TPSA) is 64.4 Å². The molecule has 4 nitrogen and oxygen atoms in total. The summed E-state index contributed by atoms with van der Waals surface area (Å²) in [5.74, 6) is 0.550. The summed E-state index contributed by atoms with van der Waals surface area (Å²) in [7, 11) is 1.60. The standard InChI is InChI=1S/C13H18N2O2/c1-4-5-11(14)13(16)15-12-7-6-10(17-3)8-9(12)2/h4,6-8,11H,1,5,14H2,2-3H3,(H,15,16). The number of carbonyl (C=O) groups excluding carboxylic acids is 1. The summed E-state index contributed by atoms with van der Waals surface area (Å²) < 4.78 is 5.09. The number of methoxy groups -OCH3 is 1. The van der Waals surface area contributed by atoms with Crippen LogP contribution in [-0.4, -0.2) is 19.1 Å². The Morgan fingerprint density at radius 1 is 1.65 bits per heavy atom. The van der Waals surface area contributed by atoms with Gasteiger partial charge in [-0.1, -0.05) is 6.08 Å². The number of hydrogen-bond acceptors (Lipinski definition) is 3. The number of carbonyl (C=O) groups is 1. The molecule has 0 aromatic heterocycles. The van der Waals surface area contributed by atoms with Gasteiger partial charge >= 0.3 is 0 Å². The molecular weight excluding hydrogens is 216 g/mol. The fourth-order valence-corrected chi connectivity index (χ4v) is 1.42. The van der Waals surface area contributed by atoms with Gasteiger partial charge in [-0.15, -0.1) is 6.58 Å². The van der Waals surface area contributed by atoms with Crippen LogP contribution in [0.1, 0.15) is 12.0 Å². The fourth-order valence-electron chi connectivity index (χ4n) is 1.42. The first-order valence-corrected chi connectivity index (χ1v) is 5.40. The molecule has 0 heterocycles. The zero-order valence-electron chi connectivity index (χ0n) is 10.2.